The van der Waals surface area contributed by atoms with Gasteiger partial charge in [-0.25, -0.2) is 13.3 Å². The van der Waals surface area contributed by atoms with Crippen molar-refractivity contribution in [3.05, 3.63) is 107 Å². The molecule has 3 atom stereocenters. The molecular formula is C28H33FN2OS. The van der Waals surface area contributed by atoms with Crippen LogP contribution in [0, 0.1) is 11.7 Å². The molecule has 3 nitrogen and oxygen atoms in total. The topological polar surface area (TPSA) is 41.5 Å². The Morgan fingerprint density at radius 1 is 0.848 bits per heavy atom. The molecule has 0 aromatic heterocycles. The minimum Gasteiger partial charge on any atom is -0.274 e. The third-order valence-electron chi connectivity index (χ3n) is 5.43. The second-order valence-corrected chi connectivity index (χ2v) is 11.5. The number of hydrogen-bond acceptors (Lipinski definition) is 2. The largest absolute Gasteiger partial charge is 0.274 e. The Balaban J connectivity index is 2.19. The van der Waals surface area contributed by atoms with Gasteiger partial charge in [0.2, 0.25) is 0 Å². The van der Waals surface area contributed by atoms with Crippen molar-refractivity contribution in [2.75, 3.05) is 0 Å². The van der Waals surface area contributed by atoms with Gasteiger partial charge in [0.1, 0.15) is 5.82 Å². The van der Waals surface area contributed by atoms with Crippen LogP contribution in [0.25, 0.3) is 0 Å². The standard InChI is InChI=1S/C28H33FN2OS/c1-20(2)25(31-33(32)28(3,4)5)27(23-16-18-24(29)19-17-23)30-26(21-12-8-6-9-13-21)22-14-10-7-11-15-22/h6-20,25,27,31H,1-5H3/t25-,27+,33-/m1/s1. The molecule has 174 valence electrons. The van der Waals surface area contributed by atoms with Gasteiger partial charge in [-0.3, -0.25) is 4.99 Å². The van der Waals surface area contributed by atoms with Crippen molar-refractivity contribution >= 4 is 16.7 Å². The number of hydrogen-bond donors (Lipinski definition) is 1. The van der Waals surface area contributed by atoms with Crippen molar-refractivity contribution in [1.82, 2.24) is 4.72 Å². The number of rotatable bonds is 8. The molecule has 0 bridgehead atoms. The fourth-order valence-corrected chi connectivity index (χ4v) is 4.54. The average Bonchev–Trinajstić information content (AvgIpc) is 2.79. The van der Waals surface area contributed by atoms with Gasteiger partial charge >= 0.3 is 0 Å². The van der Waals surface area contributed by atoms with Gasteiger partial charge in [-0.1, -0.05) is 86.6 Å². The Labute approximate surface area is 199 Å². The highest BCUT2D eigenvalue weighted by molar-refractivity contribution is 7.84. The molecule has 1 N–H and O–H groups in total. The lowest BCUT2D eigenvalue weighted by Crippen LogP contribution is -2.45. The van der Waals surface area contributed by atoms with Crippen LogP contribution in [0.5, 0.6) is 0 Å². The summed E-state index contributed by atoms with van der Waals surface area (Å²) in [4.78, 5) is 5.27. The Kier molecular flexibility index (Phi) is 8.33. The SMILES string of the molecule is CC(C)[C@@H](N[S@](=O)C(C)(C)C)[C@@H](N=C(c1ccccc1)c1ccccc1)c1ccc(F)cc1. The van der Waals surface area contributed by atoms with Gasteiger partial charge in [0, 0.05) is 17.2 Å². The lowest BCUT2D eigenvalue weighted by atomic mass is 9.91. The molecule has 0 heterocycles. The van der Waals surface area contributed by atoms with Crippen LogP contribution in [0.1, 0.15) is 57.4 Å². The molecule has 0 aliphatic heterocycles. The van der Waals surface area contributed by atoms with Crippen LogP contribution in [-0.2, 0) is 11.0 Å². The minimum absolute atomic E-state index is 0.128. The van der Waals surface area contributed by atoms with Crippen molar-refractivity contribution in [3.8, 4) is 0 Å². The van der Waals surface area contributed by atoms with E-state index < -0.39 is 15.7 Å². The normalized spacial score (nSPS) is 14.5. The van der Waals surface area contributed by atoms with E-state index in [1.807, 2.05) is 81.4 Å². The first kappa shape index (κ1) is 25.0. The van der Waals surface area contributed by atoms with E-state index in [4.69, 9.17) is 4.99 Å². The van der Waals surface area contributed by atoms with Crippen molar-refractivity contribution in [3.63, 3.8) is 0 Å². The third-order valence-corrected chi connectivity index (χ3v) is 7.03. The van der Waals surface area contributed by atoms with Crippen molar-refractivity contribution in [2.24, 2.45) is 10.9 Å². The van der Waals surface area contributed by atoms with Gasteiger partial charge in [-0.2, -0.15) is 0 Å². The molecule has 33 heavy (non-hydrogen) atoms. The molecule has 3 aromatic carbocycles. The molecule has 3 rings (SSSR count). The van der Waals surface area contributed by atoms with E-state index in [1.165, 1.54) is 12.1 Å². The first-order valence-corrected chi connectivity index (χ1v) is 12.4. The van der Waals surface area contributed by atoms with Gasteiger partial charge in [0.25, 0.3) is 0 Å². The van der Waals surface area contributed by atoms with E-state index in [-0.39, 0.29) is 23.8 Å². The van der Waals surface area contributed by atoms with Crippen LogP contribution in [0.2, 0.25) is 0 Å². The zero-order valence-electron chi connectivity index (χ0n) is 20.0. The van der Waals surface area contributed by atoms with Crippen LogP contribution in [-0.4, -0.2) is 20.7 Å². The van der Waals surface area contributed by atoms with Crippen molar-refractivity contribution in [2.45, 2.75) is 51.4 Å². The molecule has 0 radical (unpaired) electrons. The number of halogens is 1. The lowest BCUT2D eigenvalue weighted by Gasteiger charge is -2.32. The van der Waals surface area contributed by atoms with Gasteiger partial charge in [0.05, 0.1) is 27.5 Å². The highest BCUT2D eigenvalue weighted by Gasteiger charge is 2.31. The summed E-state index contributed by atoms with van der Waals surface area (Å²) in [6, 6.07) is 26.0. The molecule has 0 amide bonds. The summed E-state index contributed by atoms with van der Waals surface area (Å²) >= 11 is 0. The van der Waals surface area contributed by atoms with E-state index >= 15 is 0 Å². The van der Waals surface area contributed by atoms with Gasteiger partial charge in [-0.05, 0) is 44.4 Å². The van der Waals surface area contributed by atoms with Crippen LogP contribution >= 0.6 is 0 Å². The van der Waals surface area contributed by atoms with Crippen LogP contribution < -0.4 is 4.72 Å². The second-order valence-electron chi connectivity index (χ2n) is 9.47. The van der Waals surface area contributed by atoms with Crippen molar-refractivity contribution in [1.29, 1.82) is 0 Å². The van der Waals surface area contributed by atoms with E-state index in [0.29, 0.717) is 0 Å². The van der Waals surface area contributed by atoms with Gasteiger partial charge < -0.3 is 0 Å². The summed E-state index contributed by atoms with van der Waals surface area (Å²) in [7, 11) is -1.28. The molecule has 0 fully saturated rings. The summed E-state index contributed by atoms with van der Waals surface area (Å²) in [5.74, 6) is -0.164. The summed E-state index contributed by atoms with van der Waals surface area (Å²) in [5, 5.41) is 0. The fraction of sp³-hybridized carbons (Fsp3) is 0.321. The highest BCUT2D eigenvalue weighted by Crippen LogP contribution is 2.30. The average molecular weight is 465 g/mol. The lowest BCUT2D eigenvalue weighted by molar-refractivity contribution is 0.395. The molecular weight excluding hydrogens is 431 g/mol. The predicted octanol–water partition coefficient (Wildman–Crippen LogP) is 6.48. The zero-order valence-corrected chi connectivity index (χ0v) is 20.8. The quantitative estimate of drug-likeness (QED) is 0.381. The molecule has 3 aromatic rings. The smallest absolute Gasteiger partial charge is 0.123 e. The predicted molar refractivity (Wildman–Crippen MR) is 137 cm³/mol. The first-order chi connectivity index (χ1) is 15.7. The molecule has 5 heteroatoms. The monoisotopic (exact) mass is 464 g/mol. The van der Waals surface area contributed by atoms with E-state index in [9.17, 15) is 8.60 Å². The summed E-state index contributed by atoms with van der Waals surface area (Å²) < 4.78 is 29.8. The highest BCUT2D eigenvalue weighted by atomic mass is 32.2. The number of nitrogens with one attached hydrogen (secondary N) is 1. The maximum absolute atomic E-state index is 13.8. The maximum atomic E-state index is 13.8. The molecule has 0 aliphatic carbocycles. The Morgan fingerprint density at radius 2 is 1.33 bits per heavy atom. The van der Waals surface area contributed by atoms with Crippen LogP contribution in [0.4, 0.5) is 4.39 Å². The van der Waals surface area contributed by atoms with E-state index in [0.717, 1.165) is 22.4 Å². The third kappa shape index (κ3) is 6.68. The Morgan fingerprint density at radius 3 is 1.76 bits per heavy atom. The molecule has 0 unspecified atom stereocenters. The van der Waals surface area contributed by atoms with Crippen molar-refractivity contribution < 1.29 is 8.60 Å². The molecule has 0 spiro atoms. The summed E-state index contributed by atoms with van der Waals surface area (Å²) in [6.07, 6.45) is 0. The fourth-order valence-electron chi connectivity index (χ4n) is 3.53. The van der Waals surface area contributed by atoms with E-state index in [2.05, 4.69) is 18.6 Å². The van der Waals surface area contributed by atoms with E-state index in [1.54, 1.807) is 12.1 Å². The number of aliphatic imine (C=N–C) groups is 1. The van der Waals surface area contributed by atoms with Crippen LogP contribution in [0.15, 0.2) is 89.9 Å². The number of nitrogens with zero attached hydrogens (tertiary/aromatic N) is 1. The first-order valence-electron chi connectivity index (χ1n) is 11.3. The minimum atomic E-state index is -1.28. The number of benzene rings is 3. The Bertz CT molecular complexity index is 1030. The van der Waals surface area contributed by atoms with Gasteiger partial charge in [-0.15, -0.1) is 0 Å². The molecule has 0 aliphatic rings. The Hall–Kier alpha value is -2.63. The zero-order chi connectivity index (χ0) is 24.0. The molecule has 0 saturated carbocycles. The maximum Gasteiger partial charge on any atom is 0.123 e. The van der Waals surface area contributed by atoms with Crippen LogP contribution in [0.3, 0.4) is 0 Å². The molecule has 0 saturated heterocycles. The summed E-state index contributed by atoms with van der Waals surface area (Å²) in [6.45, 7) is 10.0. The summed E-state index contributed by atoms with van der Waals surface area (Å²) in [5.41, 5.74) is 3.71. The van der Waals surface area contributed by atoms with Gasteiger partial charge in [0.15, 0.2) is 0 Å². The second kappa shape index (κ2) is 11.0.